The molecule has 4 heteroatoms. The lowest BCUT2D eigenvalue weighted by atomic mass is 10.1. The Morgan fingerprint density at radius 2 is 1.75 bits per heavy atom. The Bertz CT molecular complexity index is 210. The van der Waals surface area contributed by atoms with Gasteiger partial charge in [-0.05, 0) is 33.2 Å². The largest absolute Gasteiger partial charge is 0.444 e. The van der Waals surface area contributed by atoms with Crippen molar-refractivity contribution in [3.8, 4) is 0 Å². The van der Waals surface area contributed by atoms with Crippen LogP contribution >= 0.6 is 0 Å². The summed E-state index contributed by atoms with van der Waals surface area (Å²) in [7, 11) is 0. The van der Waals surface area contributed by atoms with E-state index in [1.807, 2.05) is 20.8 Å². The highest BCUT2D eigenvalue weighted by molar-refractivity contribution is 5.67. The quantitative estimate of drug-likeness (QED) is 0.761. The Kier molecular flexibility index (Phi) is 6.41. The molecule has 0 radical (unpaired) electrons. The van der Waals surface area contributed by atoms with Crippen LogP contribution in [0.5, 0.6) is 0 Å². The summed E-state index contributed by atoms with van der Waals surface area (Å²) in [5.41, 5.74) is -0.427. The Balaban J connectivity index is 3.67. The summed E-state index contributed by atoms with van der Waals surface area (Å²) in [5, 5.41) is 6.09. The minimum absolute atomic E-state index is 0.344. The van der Waals surface area contributed by atoms with E-state index in [1.165, 1.54) is 0 Å². The average Bonchev–Trinajstić information content (AvgIpc) is 2.08. The van der Waals surface area contributed by atoms with Crippen molar-refractivity contribution in [2.75, 3.05) is 13.1 Å². The van der Waals surface area contributed by atoms with E-state index in [4.69, 9.17) is 4.74 Å². The van der Waals surface area contributed by atoms with Crippen LogP contribution in [0.1, 0.15) is 41.5 Å². The molecule has 0 bridgehead atoms. The Morgan fingerprint density at radius 3 is 2.19 bits per heavy atom. The topological polar surface area (TPSA) is 50.4 Å². The first-order valence-corrected chi connectivity index (χ1v) is 5.91. The zero-order chi connectivity index (χ0) is 12.8. The number of carbonyl (C=O) groups excluding carboxylic acids is 1. The first kappa shape index (κ1) is 15.2. The van der Waals surface area contributed by atoms with Crippen molar-refractivity contribution >= 4 is 6.09 Å². The highest BCUT2D eigenvalue weighted by Crippen LogP contribution is 2.06. The van der Waals surface area contributed by atoms with Crippen LogP contribution in [0.3, 0.4) is 0 Å². The molecule has 0 unspecified atom stereocenters. The number of hydrogen-bond acceptors (Lipinski definition) is 3. The van der Waals surface area contributed by atoms with Crippen molar-refractivity contribution < 1.29 is 9.53 Å². The predicted octanol–water partition coefficient (Wildman–Crippen LogP) is 2.15. The number of ether oxygens (including phenoxy) is 1. The lowest BCUT2D eigenvalue weighted by Crippen LogP contribution is -2.38. The van der Waals surface area contributed by atoms with E-state index in [-0.39, 0.29) is 6.09 Å². The van der Waals surface area contributed by atoms with Gasteiger partial charge in [0.05, 0.1) is 0 Å². The standard InChI is InChI=1S/C12H26N2O2/c1-9(2)13-7-10(3)8-14-11(15)16-12(4,5)6/h9-10,13H,7-8H2,1-6H3,(H,14,15)/t10-/m1/s1. The van der Waals surface area contributed by atoms with E-state index in [1.54, 1.807) is 0 Å². The lowest BCUT2D eigenvalue weighted by molar-refractivity contribution is 0.0520. The molecule has 0 saturated heterocycles. The lowest BCUT2D eigenvalue weighted by Gasteiger charge is -2.21. The molecule has 0 aromatic rings. The van der Waals surface area contributed by atoms with Gasteiger partial charge in [0.25, 0.3) is 0 Å². The minimum atomic E-state index is -0.427. The van der Waals surface area contributed by atoms with Gasteiger partial charge in [-0.1, -0.05) is 20.8 Å². The van der Waals surface area contributed by atoms with Crippen LogP contribution in [0.2, 0.25) is 0 Å². The molecule has 0 aliphatic carbocycles. The third kappa shape index (κ3) is 9.77. The highest BCUT2D eigenvalue weighted by Gasteiger charge is 2.16. The Morgan fingerprint density at radius 1 is 1.19 bits per heavy atom. The van der Waals surface area contributed by atoms with Crippen LogP contribution < -0.4 is 10.6 Å². The van der Waals surface area contributed by atoms with Crippen molar-refractivity contribution in [1.82, 2.24) is 10.6 Å². The molecule has 1 atom stereocenters. The number of hydrogen-bond donors (Lipinski definition) is 2. The van der Waals surface area contributed by atoms with Gasteiger partial charge in [0.1, 0.15) is 5.60 Å². The predicted molar refractivity (Wildman–Crippen MR) is 66.5 cm³/mol. The summed E-state index contributed by atoms with van der Waals surface area (Å²) in [4.78, 5) is 11.3. The van der Waals surface area contributed by atoms with Gasteiger partial charge in [-0.25, -0.2) is 4.79 Å². The van der Waals surface area contributed by atoms with Gasteiger partial charge in [0.15, 0.2) is 0 Å². The highest BCUT2D eigenvalue weighted by atomic mass is 16.6. The van der Waals surface area contributed by atoms with Crippen molar-refractivity contribution in [2.24, 2.45) is 5.92 Å². The van der Waals surface area contributed by atoms with Crippen LogP contribution in [0.25, 0.3) is 0 Å². The third-order valence-corrected chi connectivity index (χ3v) is 1.87. The van der Waals surface area contributed by atoms with Crippen LogP contribution in [-0.2, 0) is 4.74 Å². The number of alkyl carbamates (subject to hydrolysis) is 1. The van der Waals surface area contributed by atoms with Crippen molar-refractivity contribution in [3.05, 3.63) is 0 Å². The molecule has 0 aromatic carbocycles. The molecule has 16 heavy (non-hydrogen) atoms. The van der Waals surface area contributed by atoms with Gasteiger partial charge < -0.3 is 15.4 Å². The third-order valence-electron chi connectivity index (χ3n) is 1.87. The summed E-state index contributed by atoms with van der Waals surface area (Å²) < 4.78 is 5.14. The SMILES string of the molecule is CC(C)NC[C@@H](C)CNC(=O)OC(C)(C)C. The zero-order valence-electron chi connectivity index (χ0n) is 11.4. The first-order chi connectivity index (χ1) is 7.20. The van der Waals surface area contributed by atoms with Gasteiger partial charge in [-0.2, -0.15) is 0 Å². The van der Waals surface area contributed by atoms with E-state index in [0.717, 1.165) is 6.54 Å². The second kappa shape index (κ2) is 6.74. The number of rotatable bonds is 5. The van der Waals surface area contributed by atoms with E-state index in [0.29, 0.717) is 18.5 Å². The van der Waals surface area contributed by atoms with Gasteiger partial charge in [-0.3, -0.25) is 0 Å². The van der Waals surface area contributed by atoms with Crippen LogP contribution in [0.4, 0.5) is 4.79 Å². The average molecular weight is 230 g/mol. The van der Waals surface area contributed by atoms with Gasteiger partial charge >= 0.3 is 6.09 Å². The van der Waals surface area contributed by atoms with E-state index in [9.17, 15) is 4.79 Å². The summed E-state index contributed by atoms with van der Waals surface area (Å²) in [5.74, 6) is 0.398. The smallest absolute Gasteiger partial charge is 0.407 e. The van der Waals surface area contributed by atoms with Gasteiger partial charge in [-0.15, -0.1) is 0 Å². The summed E-state index contributed by atoms with van der Waals surface area (Å²) in [6, 6.07) is 0.476. The number of carbonyl (C=O) groups is 1. The van der Waals surface area contributed by atoms with E-state index in [2.05, 4.69) is 31.4 Å². The summed E-state index contributed by atoms with van der Waals surface area (Å²) >= 11 is 0. The number of nitrogens with one attached hydrogen (secondary N) is 2. The molecule has 1 amide bonds. The molecular weight excluding hydrogens is 204 g/mol. The molecular formula is C12H26N2O2. The second-order valence-electron chi connectivity index (χ2n) is 5.55. The maximum Gasteiger partial charge on any atom is 0.407 e. The van der Waals surface area contributed by atoms with Crippen LogP contribution in [0, 0.1) is 5.92 Å². The second-order valence-corrected chi connectivity index (χ2v) is 5.55. The van der Waals surface area contributed by atoms with Crippen LogP contribution in [0.15, 0.2) is 0 Å². The van der Waals surface area contributed by atoms with Crippen molar-refractivity contribution in [2.45, 2.75) is 53.2 Å². The zero-order valence-corrected chi connectivity index (χ0v) is 11.4. The molecule has 96 valence electrons. The first-order valence-electron chi connectivity index (χ1n) is 5.91. The molecule has 0 rings (SSSR count). The number of amides is 1. The minimum Gasteiger partial charge on any atom is -0.444 e. The van der Waals surface area contributed by atoms with E-state index < -0.39 is 5.60 Å². The van der Waals surface area contributed by atoms with Crippen LogP contribution in [-0.4, -0.2) is 30.8 Å². The molecule has 0 aliphatic rings. The molecule has 0 aromatic heterocycles. The summed E-state index contributed by atoms with van der Waals surface area (Å²) in [6.45, 7) is 13.4. The molecule has 4 nitrogen and oxygen atoms in total. The Labute approximate surface area is 99.1 Å². The maximum atomic E-state index is 11.3. The van der Waals surface area contributed by atoms with Gasteiger partial charge in [0.2, 0.25) is 0 Å². The maximum absolute atomic E-state index is 11.3. The molecule has 0 spiro atoms. The molecule has 2 N–H and O–H groups in total. The normalized spacial score (nSPS) is 13.7. The molecule has 0 saturated carbocycles. The molecule has 0 aliphatic heterocycles. The molecule has 0 heterocycles. The summed E-state index contributed by atoms with van der Waals surface area (Å²) in [6.07, 6.45) is -0.344. The fourth-order valence-corrected chi connectivity index (χ4v) is 1.08. The Hall–Kier alpha value is -0.770. The monoisotopic (exact) mass is 230 g/mol. The van der Waals surface area contributed by atoms with Crippen molar-refractivity contribution in [3.63, 3.8) is 0 Å². The van der Waals surface area contributed by atoms with E-state index >= 15 is 0 Å². The van der Waals surface area contributed by atoms with Gasteiger partial charge in [0, 0.05) is 12.6 Å². The molecule has 0 fully saturated rings. The fourth-order valence-electron chi connectivity index (χ4n) is 1.08. The van der Waals surface area contributed by atoms with Crippen molar-refractivity contribution in [1.29, 1.82) is 0 Å². The fraction of sp³-hybridized carbons (Fsp3) is 0.917.